The third-order valence-electron chi connectivity index (χ3n) is 5.83. The molecule has 1 aliphatic heterocycles. The van der Waals surface area contributed by atoms with Crippen LogP contribution >= 0.6 is 0 Å². The van der Waals surface area contributed by atoms with Gasteiger partial charge in [0.1, 0.15) is 5.56 Å². The van der Waals surface area contributed by atoms with Gasteiger partial charge in [-0.2, -0.15) is 5.10 Å². The average Bonchev–Trinajstić information content (AvgIpc) is 3.49. The van der Waals surface area contributed by atoms with Crippen molar-refractivity contribution in [2.24, 2.45) is 0 Å². The first-order valence-electron chi connectivity index (χ1n) is 11.2. The molecule has 1 amide bonds. The fourth-order valence-electron chi connectivity index (χ4n) is 4.15. The maximum atomic E-state index is 13.4. The van der Waals surface area contributed by atoms with Crippen LogP contribution in [0.15, 0.2) is 79.1 Å². The Kier molecular flexibility index (Phi) is 6.06. The molecule has 2 aromatic carbocycles. The topological polar surface area (TPSA) is 64.3 Å². The van der Waals surface area contributed by atoms with Gasteiger partial charge in [0.2, 0.25) is 0 Å². The van der Waals surface area contributed by atoms with E-state index in [1.54, 1.807) is 0 Å². The fraction of sp³-hybridized carbons (Fsp3) is 0.231. The zero-order chi connectivity index (χ0) is 22.6. The number of anilines is 1. The number of amides is 1. The molecule has 33 heavy (non-hydrogen) atoms. The zero-order valence-corrected chi connectivity index (χ0v) is 18.6. The van der Waals surface area contributed by atoms with E-state index in [1.165, 1.54) is 5.56 Å². The zero-order valence-electron chi connectivity index (χ0n) is 18.6. The molecule has 0 atom stereocenters. The number of aryl methyl sites for hydroxylation is 1. The van der Waals surface area contributed by atoms with Crippen LogP contribution in [0.3, 0.4) is 0 Å². The summed E-state index contributed by atoms with van der Waals surface area (Å²) in [5, 5.41) is 7.76. The molecule has 5 rings (SSSR count). The number of nitrogens with zero attached hydrogens (tertiary/aromatic N) is 4. The molecule has 0 aliphatic carbocycles. The minimum Gasteiger partial charge on any atom is -0.379 e. The molecule has 2 aromatic heterocycles. The van der Waals surface area contributed by atoms with Gasteiger partial charge >= 0.3 is 0 Å². The van der Waals surface area contributed by atoms with Crippen LogP contribution in [0.4, 0.5) is 5.69 Å². The molecule has 7 nitrogen and oxygen atoms in total. The van der Waals surface area contributed by atoms with Crippen molar-refractivity contribution < 1.29 is 9.53 Å². The van der Waals surface area contributed by atoms with Crippen molar-refractivity contribution in [2.45, 2.75) is 13.5 Å². The number of morpholine rings is 1. The molecule has 0 saturated carbocycles. The second-order valence-electron chi connectivity index (χ2n) is 8.16. The van der Waals surface area contributed by atoms with E-state index in [1.807, 2.05) is 83.2 Å². The van der Waals surface area contributed by atoms with Crippen LogP contribution in [0.2, 0.25) is 0 Å². The maximum Gasteiger partial charge on any atom is 0.261 e. The molecular weight excluding hydrogens is 414 g/mol. The monoisotopic (exact) mass is 441 g/mol. The van der Waals surface area contributed by atoms with Crippen molar-refractivity contribution in [1.82, 2.24) is 19.2 Å². The van der Waals surface area contributed by atoms with Crippen LogP contribution in [0, 0.1) is 6.92 Å². The van der Waals surface area contributed by atoms with Gasteiger partial charge < -0.3 is 14.6 Å². The Balaban J connectivity index is 1.40. The minimum absolute atomic E-state index is 0.181. The van der Waals surface area contributed by atoms with Crippen molar-refractivity contribution >= 4 is 11.6 Å². The standard InChI is InChI=1S/C26H27N5O2/c1-20-24(26(30-13-5-6-14-30)31(28-20)23-7-3-2-4-8-23)25(32)27-22-11-9-21(10-12-22)19-29-15-17-33-18-16-29/h2-14H,15-19H2,1H3,(H,27,32). The van der Waals surface area contributed by atoms with Gasteiger partial charge in [0.25, 0.3) is 5.91 Å². The lowest BCUT2D eigenvalue weighted by Gasteiger charge is -2.26. The molecule has 1 saturated heterocycles. The highest BCUT2D eigenvalue weighted by Crippen LogP contribution is 2.24. The maximum absolute atomic E-state index is 13.4. The fourth-order valence-corrected chi connectivity index (χ4v) is 4.15. The number of nitrogens with one attached hydrogen (secondary N) is 1. The van der Waals surface area contributed by atoms with Gasteiger partial charge in [-0.1, -0.05) is 30.3 Å². The predicted molar refractivity (Wildman–Crippen MR) is 128 cm³/mol. The number of para-hydroxylation sites is 1. The van der Waals surface area contributed by atoms with Gasteiger partial charge in [0.15, 0.2) is 5.82 Å². The molecule has 1 N–H and O–H groups in total. The molecule has 1 aliphatic rings. The van der Waals surface area contributed by atoms with Crippen molar-refractivity contribution in [3.05, 3.63) is 95.9 Å². The normalized spacial score (nSPS) is 14.3. The van der Waals surface area contributed by atoms with Crippen molar-refractivity contribution in [1.29, 1.82) is 0 Å². The Labute approximate surface area is 193 Å². The molecule has 4 aromatic rings. The van der Waals surface area contributed by atoms with E-state index in [-0.39, 0.29) is 5.91 Å². The van der Waals surface area contributed by atoms with Crippen molar-refractivity contribution in [2.75, 3.05) is 31.6 Å². The summed E-state index contributed by atoms with van der Waals surface area (Å²) in [4.78, 5) is 15.8. The van der Waals surface area contributed by atoms with Crippen LogP contribution in [0.5, 0.6) is 0 Å². The first kappa shape index (κ1) is 21.2. The number of aromatic nitrogens is 3. The molecule has 7 heteroatoms. The number of carbonyl (C=O) groups excluding carboxylic acids is 1. The summed E-state index contributed by atoms with van der Waals surface area (Å²) in [6, 6.07) is 21.8. The Hall–Kier alpha value is -3.68. The van der Waals surface area contributed by atoms with Gasteiger partial charge in [0, 0.05) is 37.7 Å². The summed E-state index contributed by atoms with van der Waals surface area (Å²) in [5.41, 5.74) is 4.10. The van der Waals surface area contributed by atoms with Crippen molar-refractivity contribution in [3.8, 4) is 11.5 Å². The number of benzene rings is 2. The SMILES string of the molecule is Cc1nn(-c2ccccc2)c(-n2cccc2)c1C(=O)Nc1ccc(CN2CCOCC2)cc1. The third-order valence-corrected chi connectivity index (χ3v) is 5.83. The Morgan fingerprint density at radius 3 is 2.36 bits per heavy atom. The largest absolute Gasteiger partial charge is 0.379 e. The number of carbonyl (C=O) groups is 1. The minimum atomic E-state index is -0.181. The summed E-state index contributed by atoms with van der Waals surface area (Å²) in [7, 11) is 0. The van der Waals surface area contributed by atoms with E-state index in [4.69, 9.17) is 9.84 Å². The first-order valence-corrected chi connectivity index (χ1v) is 11.2. The quantitative estimate of drug-likeness (QED) is 0.490. The van der Waals surface area contributed by atoms with Gasteiger partial charge in [0.05, 0.1) is 24.6 Å². The van der Waals surface area contributed by atoms with E-state index in [0.717, 1.165) is 44.2 Å². The van der Waals surface area contributed by atoms with E-state index in [0.29, 0.717) is 17.1 Å². The second-order valence-corrected chi connectivity index (χ2v) is 8.16. The van der Waals surface area contributed by atoms with Crippen LogP contribution < -0.4 is 5.32 Å². The molecule has 3 heterocycles. The summed E-state index contributed by atoms with van der Waals surface area (Å²) < 4.78 is 9.16. The number of hydrogen-bond donors (Lipinski definition) is 1. The molecule has 0 unspecified atom stereocenters. The third kappa shape index (κ3) is 4.60. The summed E-state index contributed by atoms with van der Waals surface area (Å²) in [6.07, 6.45) is 3.85. The van der Waals surface area contributed by atoms with Crippen molar-refractivity contribution in [3.63, 3.8) is 0 Å². The number of hydrogen-bond acceptors (Lipinski definition) is 4. The van der Waals surface area contributed by atoms with E-state index >= 15 is 0 Å². The van der Waals surface area contributed by atoms with E-state index in [9.17, 15) is 4.79 Å². The highest BCUT2D eigenvalue weighted by atomic mass is 16.5. The lowest BCUT2D eigenvalue weighted by atomic mass is 10.1. The summed E-state index contributed by atoms with van der Waals surface area (Å²) in [6.45, 7) is 6.23. The van der Waals surface area contributed by atoms with Crippen LogP contribution in [0.1, 0.15) is 21.6 Å². The highest BCUT2D eigenvalue weighted by molar-refractivity contribution is 6.07. The first-order chi connectivity index (χ1) is 16.2. The Bertz CT molecular complexity index is 1210. The van der Waals surface area contributed by atoms with E-state index in [2.05, 4.69) is 22.3 Å². The summed E-state index contributed by atoms with van der Waals surface area (Å²) in [5.74, 6) is 0.532. The van der Waals surface area contributed by atoms with Crippen LogP contribution in [0.25, 0.3) is 11.5 Å². The second kappa shape index (κ2) is 9.44. The number of ether oxygens (including phenoxy) is 1. The lowest BCUT2D eigenvalue weighted by molar-refractivity contribution is 0.0342. The van der Waals surface area contributed by atoms with Crippen LogP contribution in [-0.2, 0) is 11.3 Å². The molecule has 0 bridgehead atoms. The number of rotatable bonds is 6. The van der Waals surface area contributed by atoms with Crippen LogP contribution in [-0.4, -0.2) is 51.5 Å². The van der Waals surface area contributed by atoms with Gasteiger partial charge in [-0.15, -0.1) is 0 Å². The molecular formula is C26H27N5O2. The Morgan fingerprint density at radius 1 is 0.970 bits per heavy atom. The molecule has 0 radical (unpaired) electrons. The van der Waals surface area contributed by atoms with E-state index < -0.39 is 0 Å². The lowest BCUT2D eigenvalue weighted by Crippen LogP contribution is -2.35. The Morgan fingerprint density at radius 2 is 1.67 bits per heavy atom. The highest BCUT2D eigenvalue weighted by Gasteiger charge is 2.23. The van der Waals surface area contributed by atoms with Gasteiger partial charge in [-0.3, -0.25) is 9.69 Å². The molecule has 1 fully saturated rings. The average molecular weight is 442 g/mol. The smallest absolute Gasteiger partial charge is 0.261 e. The predicted octanol–water partition coefficient (Wildman–Crippen LogP) is 4.06. The van der Waals surface area contributed by atoms with Gasteiger partial charge in [-0.25, -0.2) is 4.68 Å². The molecule has 168 valence electrons. The van der Waals surface area contributed by atoms with Gasteiger partial charge in [-0.05, 0) is 48.9 Å². The summed E-state index contributed by atoms with van der Waals surface area (Å²) >= 11 is 0. The molecule has 0 spiro atoms.